The van der Waals surface area contributed by atoms with Gasteiger partial charge in [0.25, 0.3) is 0 Å². The molecule has 1 unspecified atom stereocenters. The Hall–Kier alpha value is -1.82. The molecule has 0 radical (unpaired) electrons. The van der Waals surface area contributed by atoms with Crippen LogP contribution in [0, 0.1) is 17.2 Å². The number of benzene rings is 2. The van der Waals surface area contributed by atoms with Crippen molar-refractivity contribution in [2.75, 3.05) is 13.1 Å². The Morgan fingerprint density at radius 3 is 2.39 bits per heavy atom. The first-order valence-electron chi connectivity index (χ1n) is 10.6. The van der Waals surface area contributed by atoms with Gasteiger partial charge >= 0.3 is 0 Å². The van der Waals surface area contributed by atoms with Gasteiger partial charge < -0.3 is 0 Å². The maximum atomic E-state index is 10.3. The largest absolute Gasteiger partial charge is 0.299 e. The second kappa shape index (κ2) is 10.1. The van der Waals surface area contributed by atoms with Crippen LogP contribution in [0.15, 0.2) is 54.6 Å². The van der Waals surface area contributed by atoms with Crippen molar-refractivity contribution in [2.24, 2.45) is 5.92 Å². The van der Waals surface area contributed by atoms with Gasteiger partial charge in [-0.15, -0.1) is 0 Å². The van der Waals surface area contributed by atoms with Crippen LogP contribution in [-0.2, 0) is 12.0 Å². The van der Waals surface area contributed by atoms with Crippen LogP contribution in [0.2, 0.25) is 5.02 Å². The molecule has 0 amide bonds. The van der Waals surface area contributed by atoms with Gasteiger partial charge in [-0.25, -0.2) is 0 Å². The fourth-order valence-corrected chi connectivity index (χ4v) is 4.80. The molecule has 1 aliphatic carbocycles. The number of hydrogen-bond acceptors (Lipinski definition) is 2. The van der Waals surface area contributed by atoms with Crippen molar-refractivity contribution in [3.8, 4) is 6.07 Å². The van der Waals surface area contributed by atoms with Crippen molar-refractivity contribution in [1.82, 2.24) is 4.90 Å². The smallest absolute Gasteiger partial charge is 0.0865 e. The molecule has 0 saturated heterocycles. The zero-order valence-electron chi connectivity index (χ0n) is 16.9. The van der Waals surface area contributed by atoms with Crippen LogP contribution in [0.3, 0.4) is 0 Å². The highest BCUT2D eigenvalue weighted by Crippen LogP contribution is 2.48. The Kier molecular flexibility index (Phi) is 7.54. The van der Waals surface area contributed by atoms with Crippen molar-refractivity contribution < 1.29 is 0 Å². The van der Waals surface area contributed by atoms with E-state index >= 15 is 0 Å². The molecule has 28 heavy (non-hydrogen) atoms. The average molecular weight is 395 g/mol. The van der Waals surface area contributed by atoms with Crippen molar-refractivity contribution in [1.29, 1.82) is 5.26 Å². The standard InChI is InChI=1S/C25H31ClN2/c1-2-17-28(19-21-10-4-3-5-11-21)18-9-16-25(20-27,22-12-8-13-22)23-14-6-7-15-24(23)26/h3-7,10-11,14-15,22H,2,8-9,12-13,16-19H2,1H3. The Bertz CT molecular complexity index is 779. The highest BCUT2D eigenvalue weighted by Gasteiger charge is 2.44. The summed E-state index contributed by atoms with van der Waals surface area (Å²) in [5.41, 5.74) is 1.95. The molecule has 1 atom stereocenters. The molecule has 148 valence electrons. The Morgan fingerprint density at radius 1 is 1.07 bits per heavy atom. The summed E-state index contributed by atoms with van der Waals surface area (Å²) in [5.74, 6) is 0.436. The van der Waals surface area contributed by atoms with Gasteiger partial charge in [0, 0.05) is 11.6 Å². The summed E-state index contributed by atoms with van der Waals surface area (Å²) in [6.07, 6.45) is 6.55. The first-order valence-corrected chi connectivity index (χ1v) is 11.0. The monoisotopic (exact) mass is 394 g/mol. The predicted molar refractivity (Wildman–Crippen MR) is 117 cm³/mol. The molecule has 0 aliphatic heterocycles. The van der Waals surface area contributed by atoms with E-state index in [1.54, 1.807) is 0 Å². The number of nitrogens with zero attached hydrogens (tertiary/aromatic N) is 2. The number of halogens is 1. The zero-order chi connectivity index (χ0) is 19.8. The maximum absolute atomic E-state index is 10.3. The number of nitriles is 1. The lowest BCUT2D eigenvalue weighted by Gasteiger charge is -2.42. The summed E-state index contributed by atoms with van der Waals surface area (Å²) >= 11 is 6.55. The molecule has 3 rings (SSSR count). The lowest BCUT2D eigenvalue weighted by atomic mass is 9.61. The molecular weight excluding hydrogens is 364 g/mol. The third-order valence-corrected chi connectivity index (χ3v) is 6.52. The van der Waals surface area contributed by atoms with Gasteiger partial charge in [-0.05, 0) is 68.3 Å². The maximum Gasteiger partial charge on any atom is 0.0865 e. The van der Waals surface area contributed by atoms with Crippen molar-refractivity contribution in [2.45, 2.75) is 57.4 Å². The van der Waals surface area contributed by atoms with E-state index in [4.69, 9.17) is 11.6 Å². The molecule has 0 N–H and O–H groups in total. The van der Waals surface area contributed by atoms with Crippen LogP contribution >= 0.6 is 11.6 Å². The van der Waals surface area contributed by atoms with Crippen molar-refractivity contribution in [3.63, 3.8) is 0 Å². The van der Waals surface area contributed by atoms with Gasteiger partial charge in [-0.1, -0.05) is 73.5 Å². The fraction of sp³-hybridized carbons (Fsp3) is 0.480. The molecule has 1 fully saturated rings. The summed E-state index contributed by atoms with van der Waals surface area (Å²) in [6, 6.07) is 21.4. The minimum atomic E-state index is -0.443. The normalized spacial score (nSPS) is 16.4. The van der Waals surface area contributed by atoms with Gasteiger partial charge in [0.1, 0.15) is 0 Å². The van der Waals surface area contributed by atoms with Gasteiger partial charge in [-0.3, -0.25) is 4.90 Å². The van der Waals surface area contributed by atoms with Crippen molar-refractivity contribution in [3.05, 3.63) is 70.7 Å². The van der Waals surface area contributed by atoms with Gasteiger partial charge in [0.2, 0.25) is 0 Å². The minimum Gasteiger partial charge on any atom is -0.299 e. The van der Waals surface area contributed by atoms with E-state index < -0.39 is 5.41 Å². The molecule has 1 saturated carbocycles. The van der Waals surface area contributed by atoms with Gasteiger partial charge in [0.15, 0.2) is 0 Å². The Morgan fingerprint density at radius 2 is 1.79 bits per heavy atom. The molecule has 2 aromatic rings. The Balaban J connectivity index is 1.71. The number of hydrogen-bond donors (Lipinski definition) is 0. The van der Waals surface area contributed by atoms with E-state index in [2.05, 4.69) is 54.3 Å². The lowest BCUT2D eigenvalue weighted by Crippen LogP contribution is -2.39. The SMILES string of the molecule is CCCN(CCCC(C#N)(c1ccccc1Cl)C1CCC1)Cc1ccccc1. The summed E-state index contributed by atoms with van der Waals surface area (Å²) in [5, 5.41) is 11.0. The van der Waals surface area contributed by atoms with Crippen LogP contribution in [0.4, 0.5) is 0 Å². The molecule has 2 aromatic carbocycles. The third-order valence-electron chi connectivity index (χ3n) is 6.19. The summed E-state index contributed by atoms with van der Waals surface area (Å²) in [4.78, 5) is 2.52. The van der Waals surface area contributed by atoms with Crippen LogP contribution in [0.1, 0.15) is 56.6 Å². The lowest BCUT2D eigenvalue weighted by molar-refractivity contribution is 0.182. The second-order valence-corrected chi connectivity index (χ2v) is 8.46. The molecule has 0 aromatic heterocycles. The van der Waals surface area contributed by atoms with E-state index in [1.807, 2.05) is 18.2 Å². The minimum absolute atomic E-state index is 0.436. The molecule has 0 heterocycles. The first kappa shape index (κ1) is 20.9. The van der Waals surface area contributed by atoms with Crippen LogP contribution in [0.25, 0.3) is 0 Å². The average Bonchev–Trinajstić information content (AvgIpc) is 2.67. The molecule has 0 bridgehead atoms. The first-order chi connectivity index (χ1) is 13.7. The quantitative estimate of drug-likeness (QED) is 0.454. The summed E-state index contributed by atoms with van der Waals surface area (Å²) in [7, 11) is 0. The summed E-state index contributed by atoms with van der Waals surface area (Å²) in [6.45, 7) is 5.31. The molecule has 0 spiro atoms. The van der Waals surface area contributed by atoms with Crippen LogP contribution in [0.5, 0.6) is 0 Å². The fourth-order valence-electron chi connectivity index (χ4n) is 4.50. The van der Waals surface area contributed by atoms with E-state index in [-0.39, 0.29) is 0 Å². The van der Waals surface area contributed by atoms with Crippen LogP contribution < -0.4 is 0 Å². The topological polar surface area (TPSA) is 27.0 Å². The highest BCUT2D eigenvalue weighted by molar-refractivity contribution is 6.31. The van der Waals surface area contributed by atoms with E-state index in [0.717, 1.165) is 62.3 Å². The van der Waals surface area contributed by atoms with E-state index in [0.29, 0.717) is 5.92 Å². The van der Waals surface area contributed by atoms with E-state index in [1.165, 1.54) is 12.0 Å². The van der Waals surface area contributed by atoms with E-state index in [9.17, 15) is 5.26 Å². The predicted octanol–water partition coefficient (Wildman–Crippen LogP) is 6.59. The molecule has 1 aliphatic rings. The Labute approximate surface area is 175 Å². The summed E-state index contributed by atoms with van der Waals surface area (Å²) < 4.78 is 0. The van der Waals surface area contributed by atoms with Crippen molar-refractivity contribution >= 4 is 11.6 Å². The third kappa shape index (κ3) is 4.77. The molecule has 3 heteroatoms. The highest BCUT2D eigenvalue weighted by atomic mass is 35.5. The second-order valence-electron chi connectivity index (χ2n) is 8.06. The zero-order valence-corrected chi connectivity index (χ0v) is 17.7. The molecule has 2 nitrogen and oxygen atoms in total. The van der Waals surface area contributed by atoms with Gasteiger partial charge in [0.05, 0.1) is 11.5 Å². The molecular formula is C25H31ClN2. The number of rotatable bonds is 10. The van der Waals surface area contributed by atoms with Crippen LogP contribution in [-0.4, -0.2) is 18.0 Å². The van der Waals surface area contributed by atoms with Gasteiger partial charge in [-0.2, -0.15) is 5.26 Å².